The number of aryl methyl sites for hydroxylation is 2. The van der Waals surface area contributed by atoms with Gasteiger partial charge in [0.25, 0.3) is 5.91 Å². The quantitative estimate of drug-likeness (QED) is 0.312. The maximum atomic E-state index is 13.8. The number of anilines is 2. The van der Waals surface area contributed by atoms with E-state index in [0.29, 0.717) is 41.5 Å². The summed E-state index contributed by atoms with van der Waals surface area (Å²) in [7, 11) is 4.03. The fourth-order valence-electron chi connectivity index (χ4n) is 6.27. The van der Waals surface area contributed by atoms with Crippen molar-refractivity contribution in [3.63, 3.8) is 0 Å². The molecule has 1 aliphatic heterocycles. The highest BCUT2D eigenvalue weighted by atomic mass is 16.5. The molecule has 1 saturated carbocycles. The van der Waals surface area contributed by atoms with Crippen LogP contribution in [0.25, 0.3) is 22.3 Å². The molecule has 1 fully saturated rings. The van der Waals surface area contributed by atoms with E-state index in [9.17, 15) is 4.79 Å². The number of benzene rings is 1. The Balaban J connectivity index is 1.38. The van der Waals surface area contributed by atoms with E-state index >= 15 is 0 Å². The molecule has 228 valence electrons. The van der Waals surface area contributed by atoms with Crippen LogP contribution >= 0.6 is 0 Å². The number of nitrogens with one attached hydrogen (secondary N) is 1. The number of ether oxygens (including phenoxy) is 1. The second-order valence-electron chi connectivity index (χ2n) is 12.1. The molecule has 0 radical (unpaired) electrons. The Labute approximate surface area is 254 Å². The lowest BCUT2D eigenvalue weighted by Crippen LogP contribution is -2.33. The topological polar surface area (TPSA) is 93.3 Å². The minimum absolute atomic E-state index is 0.205. The highest BCUT2D eigenvalue weighted by Crippen LogP contribution is 2.41. The lowest BCUT2D eigenvalue weighted by Gasteiger charge is -2.25. The van der Waals surface area contributed by atoms with Gasteiger partial charge in [-0.25, -0.2) is 9.67 Å². The van der Waals surface area contributed by atoms with Crippen LogP contribution in [-0.4, -0.2) is 75.0 Å². The van der Waals surface area contributed by atoms with Crippen molar-refractivity contribution in [2.75, 3.05) is 50.1 Å². The largest absolute Gasteiger partial charge is 0.477 e. The van der Waals surface area contributed by atoms with Crippen LogP contribution in [0.15, 0.2) is 36.5 Å². The van der Waals surface area contributed by atoms with Crippen LogP contribution in [0.1, 0.15) is 55.6 Å². The highest BCUT2D eigenvalue weighted by molar-refractivity contribution is 6.05. The summed E-state index contributed by atoms with van der Waals surface area (Å²) in [5, 5.41) is 7.61. The molecule has 1 amide bonds. The van der Waals surface area contributed by atoms with Crippen LogP contribution < -0.4 is 15.0 Å². The molecule has 1 aromatic carbocycles. The van der Waals surface area contributed by atoms with Crippen LogP contribution in [0.5, 0.6) is 5.88 Å². The van der Waals surface area contributed by atoms with Crippen molar-refractivity contribution < 1.29 is 9.53 Å². The average Bonchev–Trinajstić information content (AvgIpc) is 3.71. The summed E-state index contributed by atoms with van der Waals surface area (Å²) in [6.07, 6.45) is 6.25. The van der Waals surface area contributed by atoms with Gasteiger partial charge in [0.05, 0.1) is 35.1 Å². The molecule has 4 aromatic rings. The molecule has 1 aliphatic carbocycles. The van der Waals surface area contributed by atoms with Crippen LogP contribution in [0, 0.1) is 18.8 Å². The number of nitrogens with zero attached hydrogens (tertiary/aromatic N) is 7. The first-order valence-electron chi connectivity index (χ1n) is 15.7. The van der Waals surface area contributed by atoms with E-state index in [0.717, 1.165) is 73.5 Å². The molecule has 1 atom stereocenters. The fourth-order valence-corrected chi connectivity index (χ4v) is 6.27. The minimum Gasteiger partial charge on any atom is -0.477 e. The van der Waals surface area contributed by atoms with Crippen molar-refractivity contribution >= 4 is 28.6 Å². The van der Waals surface area contributed by atoms with E-state index in [-0.39, 0.29) is 5.91 Å². The number of hydrogen-bond acceptors (Lipinski definition) is 7. The maximum Gasteiger partial charge on any atom is 0.258 e. The third kappa shape index (κ3) is 6.25. The van der Waals surface area contributed by atoms with Crippen molar-refractivity contribution in [3.05, 3.63) is 47.8 Å². The third-order valence-corrected chi connectivity index (χ3v) is 9.08. The summed E-state index contributed by atoms with van der Waals surface area (Å²) in [6.45, 7) is 11.8. The molecule has 0 unspecified atom stereocenters. The number of carbonyl (C=O) groups excluding carboxylic acids is 1. The van der Waals surface area contributed by atoms with Gasteiger partial charge in [-0.05, 0) is 87.9 Å². The molecule has 1 N–H and O–H groups in total. The zero-order valence-electron chi connectivity index (χ0n) is 26.1. The molecule has 43 heavy (non-hydrogen) atoms. The average molecular weight is 585 g/mol. The van der Waals surface area contributed by atoms with Gasteiger partial charge in [-0.15, -0.1) is 0 Å². The monoisotopic (exact) mass is 584 g/mol. The Morgan fingerprint density at radius 2 is 1.86 bits per heavy atom. The van der Waals surface area contributed by atoms with E-state index < -0.39 is 0 Å². The molecule has 2 bridgehead atoms. The molecule has 10 nitrogen and oxygen atoms in total. The number of imidazole rings is 1. The number of carbonyl (C=O) groups is 1. The third-order valence-electron chi connectivity index (χ3n) is 9.08. The first kappa shape index (κ1) is 29.2. The number of amides is 1. The van der Waals surface area contributed by atoms with Gasteiger partial charge in [0.2, 0.25) is 11.8 Å². The van der Waals surface area contributed by atoms with Crippen LogP contribution in [-0.2, 0) is 13.6 Å². The zero-order chi connectivity index (χ0) is 30.1. The molecule has 10 heteroatoms. The van der Waals surface area contributed by atoms with Crippen molar-refractivity contribution in [2.45, 2.75) is 53.0 Å². The van der Waals surface area contributed by atoms with Gasteiger partial charge < -0.3 is 19.1 Å². The lowest BCUT2D eigenvalue weighted by atomic mass is 9.97. The van der Waals surface area contributed by atoms with Crippen LogP contribution in [0.3, 0.4) is 0 Å². The zero-order valence-corrected chi connectivity index (χ0v) is 26.1. The van der Waals surface area contributed by atoms with Crippen molar-refractivity contribution in [1.29, 1.82) is 0 Å². The first-order valence-corrected chi connectivity index (χ1v) is 15.7. The maximum absolute atomic E-state index is 13.8. The first-order chi connectivity index (χ1) is 20.8. The van der Waals surface area contributed by atoms with E-state index in [1.165, 1.54) is 12.8 Å². The predicted octanol–water partition coefficient (Wildman–Crippen LogP) is 5.37. The van der Waals surface area contributed by atoms with Crippen LogP contribution in [0.2, 0.25) is 0 Å². The number of hydrogen-bond donors (Lipinski definition) is 1. The SMILES string of the molecule is CCN(CC)CCN(C)c1ccc2nc3n(c2c1)C[C@H](C1CC1)CCCOc1c(cnn1C)-c1cc(cc(C)n1)C(=O)N3. The fraction of sp³-hybridized carbons (Fsp3) is 0.515. The Morgan fingerprint density at radius 1 is 1.05 bits per heavy atom. The summed E-state index contributed by atoms with van der Waals surface area (Å²) in [4.78, 5) is 28.2. The molecule has 4 heterocycles. The lowest BCUT2D eigenvalue weighted by molar-refractivity contribution is 0.102. The van der Waals surface area contributed by atoms with Gasteiger partial charge in [0, 0.05) is 50.7 Å². The highest BCUT2D eigenvalue weighted by Gasteiger charge is 2.32. The van der Waals surface area contributed by atoms with E-state index in [1.807, 2.05) is 26.1 Å². The summed E-state index contributed by atoms with van der Waals surface area (Å²) in [6, 6.07) is 10.1. The summed E-state index contributed by atoms with van der Waals surface area (Å²) in [5.74, 6) is 2.23. The van der Waals surface area contributed by atoms with E-state index in [1.54, 1.807) is 10.9 Å². The number of aromatic nitrogens is 5. The summed E-state index contributed by atoms with van der Waals surface area (Å²) >= 11 is 0. The normalized spacial score (nSPS) is 17.5. The predicted molar refractivity (Wildman–Crippen MR) is 171 cm³/mol. The van der Waals surface area contributed by atoms with Crippen LogP contribution in [0.4, 0.5) is 11.6 Å². The van der Waals surface area contributed by atoms with Gasteiger partial charge >= 0.3 is 0 Å². The Hall–Kier alpha value is -3.92. The smallest absolute Gasteiger partial charge is 0.258 e. The standard InChI is InChI=1S/C33H44N8O2/c1-6-40(7-2)15-14-38(4)26-12-13-28-30(19-26)41-21-24(23-10-11-23)9-8-16-43-32-27(20-34-39(32)5)29-18-25(17-22(3)35-29)31(42)37-33(41)36-28/h12-13,17-20,23-24H,6-11,14-16,21H2,1-5H3,(H,36,37,42)/t24-/m1/s1. The second-order valence-corrected chi connectivity index (χ2v) is 12.1. The molecule has 6 rings (SSSR count). The summed E-state index contributed by atoms with van der Waals surface area (Å²) < 4.78 is 10.3. The van der Waals surface area contributed by atoms with Gasteiger partial charge in [0.1, 0.15) is 0 Å². The second kappa shape index (κ2) is 12.4. The molecular weight excluding hydrogens is 540 g/mol. The number of pyridine rings is 1. The van der Waals surface area contributed by atoms with Crippen molar-refractivity contribution in [3.8, 4) is 17.1 Å². The molecule has 0 spiro atoms. The number of likely N-dealkylation sites (N-methyl/N-ethyl adjacent to an activating group) is 2. The molecule has 0 saturated heterocycles. The Morgan fingerprint density at radius 3 is 2.63 bits per heavy atom. The molecular formula is C33H44N8O2. The van der Waals surface area contributed by atoms with Crippen molar-refractivity contribution in [2.24, 2.45) is 18.9 Å². The van der Waals surface area contributed by atoms with E-state index in [2.05, 4.69) is 63.9 Å². The minimum atomic E-state index is -0.205. The van der Waals surface area contributed by atoms with Gasteiger partial charge in [-0.2, -0.15) is 5.10 Å². The molecule has 3 aromatic heterocycles. The van der Waals surface area contributed by atoms with E-state index in [4.69, 9.17) is 14.7 Å². The molecule has 2 aliphatic rings. The van der Waals surface area contributed by atoms with Gasteiger partial charge in [-0.3, -0.25) is 15.1 Å². The number of fused-ring (bicyclic) bond motifs is 7. The van der Waals surface area contributed by atoms with Crippen molar-refractivity contribution in [1.82, 2.24) is 29.2 Å². The summed E-state index contributed by atoms with van der Waals surface area (Å²) in [5.41, 5.74) is 5.84. The Kier molecular flexibility index (Phi) is 8.38. The van der Waals surface area contributed by atoms with Gasteiger partial charge in [-0.1, -0.05) is 13.8 Å². The Bertz CT molecular complexity index is 1600. The van der Waals surface area contributed by atoms with Gasteiger partial charge in [0.15, 0.2) is 0 Å². The number of rotatable bonds is 7.